The third-order valence-corrected chi connectivity index (χ3v) is 4.15. The van der Waals surface area contributed by atoms with Crippen LogP contribution >= 0.6 is 11.6 Å². The predicted octanol–water partition coefficient (Wildman–Crippen LogP) is 4.78. The molecule has 24 heavy (non-hydrogen) atoms. The fourth-order valence-electron chi connectivity index (χ4n) is 2.40. The van der Waals surface area contributed by atoms with Crippen molar-refractivity contribution in [2.75, 3.05) is 0 Å². The number of hydroxylamine groups is 1. The second kappa shape index (κ2) is 7.58. The van der Waals surface area contributed by atoms with Gasteiger partial charge in [0.05, 0.1) is 6.10 Å². The zero-order chi connectivity index (χ0) is 17.9. The van der Waals surface area contributed by atoms with Crippen LogP contribution in [0, 0.1) is 0 Å². The lowest BCUT2D eigenvalue weighted by molar-refractivity contribution is -0.148. The number of benzene rings is 1. The van der Waals surface area contributed by atoms with Crippen molar-refractivity contribution in [1.29, 1.82) is 0 Å². The molecule has 1 aliphatic carbocycles. The van der Waals surface area contributed by atoms with E-state index in [4.69, 9.17) is 21.2 Å². The maximum atomic E-state index is 12.3. The van der Waals surface area contributed by atoms with Crippen LogP contribution in [0.5, 0.6) is 5.75 Å². The van der Waals surface area contributed by atoms with Gasteiger partial charge < -0.3 is 4.74 Å². The zero-order valence-corrected chi connectivity index (χ0v) is 15.6. The highest BCUT2D eigenvalue weighted by Gasteiger charge is 2.33. The van der Waals surface area contributed by atoms with Gasteiger partial charge in [-0.3, -0.25) is 9.63 Å². The monoisotopic (exact) mass is 351 g/mol. The van der Waals surface area contributed by atoms with Gasteiger partial charge in [-0.15, -0.1) is 6.58 Å². The van der Waals surface area contributed by atoms with E-state index in [0.29, 0.717) is 10.8 Å². The first-order valence-corrected chi connectivity index (χ1v) is 8.66. The number of carbonyl (C=O) groups excluding carboxylic acids is 1. The minimum atomic E-state index is -1.06. The van der Waals surface area contributed by atoms with Crippen molar-refractivity contribution < 1.29 is 14.4 Å². The number of hydrogen-bond donors (Lipinski definition) is 1. The summed E-state index contributed by atoms with van der Waals surface area (Å²) < 4.78 is 6.02. The summed E-state index contributed by atoms with van der Waals surface area (Å²) in [7, 11) is 0. The van der Waals surface area contributed by atoms with Gasteiger partial charge in [0, 0.05) is 5.02 Å². The molecule has 5 heteroatoms. The number of hydrogen-bond acceptors (Lipinski definition) is 3. The van der Waals surface area contributed by atoms with Gasteiger partial charge in [0.15, 0.2) is 5.60 Å². The van der Waals surface area contributed by atoms with Crippen molar-refractivity contribution in [2.24, 2.45) is 0 Å². The van der Waals surface area contributed by atoms with E-state index in [2.05, 4.69) is 19.0 Å². The number of rotatable bonds is 8. The molecule has 1 saturated carbocycles. The average Bonchev–Trinajstić information content (AvgIpc) is 3.29. The van der Waals surface area contributed by atoms with Gasteiger partial charge in [-0.05, 0) is 69.7 Å². The summed E-state index contributed by atoms with van der Waals surface area (Å²) in [6.07, 6.45) is 2.95. The van der Waals surface area contributed by atoms with Crippen LogP contribution in [0.2, 0.25) is 5.02 Å². The average molecular weight is 352 g/mol. The van der Waals surface area contributed by atoms with Gasteiger partial charge in [-0.25, -0.2) is 5.48 Å². The van der Waals surface area contributed by atoms with Crippen molar-refractivity contribution in [3.63, 3.8) is 0 Å². The SMILES string of the molecule is C=C(C)CC(C)c1cc(Cl)ccc1OC(C)(C)C(=O)NOC1CC1. The van der Waals surface area contributed by atoms with Gasteiger partial charge in [0.2, 0.25) is 0 Å². The van der Waals surface area contributed by atoms with Crippen LogP contribution in [-0.2, 0) is 9.63 Å². The lowest BCUT2D eigenvalue weighted by atomic mass is 9.93. The molecule has 1 unspecified atom stereocenters. The van der Waals surface area contributed by atoms with Crippen molar-refractivity contribution in [2.45, 2.75) is 64.6 Å². The highest BCUT2D eigenvalue weighted by molar-refractivity contribution is 6.30. The molecule has 0 bridgehead atoms. The number of nitrogens with one attached hydrogen (secondary N) is 1. The number of halogens is 1. The Balaban J connectivity index is 2.14. The van der Waals surface area contributed by atoms with E-state index in [1.807, 2.05) is 19.1 Å². The molecule has 0 aromatic heterocycles. The summed E-state index contributed by atoms with van der Waals surface area (Å²) in [5, 5.41) is 0.644. The van der Waals surface area contributed by atoms with Gasteiger partial charge in [-0.2, -0.15) is 0 Å². The standard InChI is InChI=1S/C19H26ClNO3/c1-12(2)10-13(3)16-11-14(20)6-9-17(16)23-19(4,5)18(22)21-24-15-7-8-15/h6,9,11,13,15H,1,7-8,10H2,2-5H3,(H,21,22). The third kappa shape index (κ3) is 5.25. The van der Waals surface area contributed by atoms with E-state index >= 15 is 0 Å². The Morgan fingerprint density at radius 3 is 2.71 bits per heavy atom. The lowest BCUT2D eigenvalue weighted by Crippen LogP contribution is -2.46. The summed E-state index contributed by atoms with van der Waals surface area (Å²) in [6.45, 7) is 11.5. The van der Waals surface area contributed by atoms with E-state index in [1.54, 1.807) is 19.9 Å². The Morgan fingerprint density at radius 1 is 1.46 bits per heavy atom. The van der Waals surface area contributed by atoms with Gasteiger partial charge in [-0.1, -0.05) is 24.1 Å². The number of allylic oxidation sites excluding steroid dienone is 1. The quantitative estimate of drug-likeness (QED) is 0.541. The fraction of sp³-hybridized carbons (Fsp3) is 0.526. The first-order chi connectivity index (χ1) is 11.2. The summed E-state index contributed by atoms with van der Waals surface area (Å²) in [6, 6.07) is 5.46. The molecule has 0 saturated heterocycles. The van der Waals surface area contributed by atoms with Crippen molar-refractivity contribution >= 4 is 17.5 Å². The van der Waals surface area contributed by atoms with E-state index in [9.17, 15) is 4.79 Å². The third-order valence-electron chi connectivity index (χ3n) is 3.91. The summed E-state index contributed by atoms with van der Waals surface area (Å²) in [4.78, 5) is 17.6. The molecule has 1 amide bonds. The Labute approximate surface area is 149 Å². The highest BCUT2D eigenvalue weighted by Crippen LogP contribution is 2.35. The number of ether oxygens (including phenoxy) is 1. The first-order valence-electron chi connectivity index (χ1n) is 8.28. The molecule has 1 fully saturated rings. The molecule has 4 nitrogen and oxygen atoms in total. The Kier molecular flexibility index (Phi) is 5.94. The summed E-state index contributed by atoms with van der Waals surface area (Å²) in [5.41, 5.74) is 3.49. The molecular formula is C19H26ClNO3. The molecule has 2 rings (SSSR count). The minimum Gasteiger partial charge on any atom is -0.478 e. The Hall–Kier alpha value is -1.52. The Bertz CT molecular complexity index is 623. The first kappa shape index (κ1) is 18.8. The topological polar surface area (TPSA) is 47.6 Å². The molecule has 0 aliphatic heterocycles. The van der Waals surface area contributed by atoms with Crippen molar-refractivity contribution in [3.05, 3.63) is 40.9 Å². The fourth-order valence-corrected chi connectivity index (χ4v) is 2.58. The second-order valence-electron chi connectivity index (χ2n) is 7.11. The molecule has 1 aromatic rings. The Morgan fingerprint density at radius 2 is 2.12 bits per heavy atom. The molecule has 1 atom stereocenters. The van der Waals surface area contributed by atoms with E-state index in [0.717, 1.165) is 30.4 Å². The zero-order valence-electron chi connectivity index (χ0n) is 14.8. The highest BCUT2D eigenvalue weighted by atomic mass is 35.5. The van der Waals surface area contributed by atoms with Crippen molar-refractivity contribution in [1.82, 2.24) is 5.48 Å². The normalized spacial score (nSPS) is 15.7. The van der Waals surface area contributed by atoms with Crippen LogP contribution in [-0.4, -0.2) is 17.6 Å². The van der Waals surface area contributed by atoms with Crippen LogP contribution in [0.15, 0.2) is 30.4 Å². The number of carbonyl (C=O) groups is 1. The van der Waals surface area contributed by atoms with E-state index in [1.165, 1.54) is 0 Å². The van der Waals surface area contributed by atoms with Crippen LogP contribution in [0.25, 0.3) is 0 Å². The van der Waals surface area contributed by atoms with Crippen LogP contribution in [0.1, 0.15) is 58.4 Å². The molecule has 132 valence electrons. The largest absolute Gasteiger partial charge is 0.478 e. The smallest absolute Gasteiger partial charge is 0.287 e. The van der Waals surface area contributed by atoms with E-state index in [-0.39, 0.29) is 17.9 Å². The van der Waals surface area contributed by atoms with Gasteiger partial charge in [0.25, 0.3) is 5.91 Å². The maximum Gasteiger partial charge on any atom is 0.287 e. The number of amides is 1. The molecule has 0 spiro atoms. The summed E-state index contributed by atoms with van der Waals surface area (Å²) >= 11 is 6.15. The van der Waals surface area contributed by atoms with E-state index < -0.39 is 5.60 Å². The van der Waals surface area contributed by atoms with Crippen LogP contribution in [0.4, 0.5) is 0 Å². The van der Waals surface area contributed by atoms with Gasteiger partial charge in [0.1, 0.15) is 5.75 Å². The predicted molar refractivity (Wildman–Crippen MR) is 96.3 cm³/mol. The molecule has 0 heterocycles. The second-order valence-corrected chi connectivity index (χ2v) is 7.54. The molecule has 0 radical (unpaired) electrons. The molecule has 1 N–H and O–H groups in total. The van der Waals surface area contributed by atoms with Crippen molar-refractivity contribution in [3.8, 4) is 5.75 Å². The molecule has 1 aliphatic rings. The summed E-state index contributed by atoms with van der Waals surface area (Å²) in [5.74, 6) is 0.542. The van der Waals surface area contributed by atoms with Crippen LogP contribution in [0.3, 0.4) is 0 Å². The molecular weight excluding hydrogens is 326 g/mol. The maximum absolute atomic E-state index is 12.3. The minimum absolute atomic E-state index is 0.145. The molecule has 1 aromatic carbocycles. The lowest BCUT2D eigenvalue weighted by Gasteiger charge is -2.27. The van der Waals surface area contributed by atoms with Crippen LogP contribution < -0.4 is 10.2 Å². The van der Waals surface area contributed by atoms with Gasteiger partial charge >= 0.3 is 0 Å².